The van der Waals surface area contributed by atoms with Gasteiger partial charge in [-0.3, -0.25) is 9.36 Å². The molecule has 19 heavy (non-hydrogen) atoms. The number of carboxylic acid groups (broad SMARTS) is 1. The summed E-state index contributed by atoms with van der Waals surface area (Å²) in [5.41, 5.74) is 1.13. The number of aryl methyl sites for hydroxylation is 1. The van der Waals surface area contributed by atoms with Gasteiger partial charge in [0, 0.05) is 22.5 Å². The van der Waals surface area contributed by atoms with Gasteiger partial charge in [-0.1, -0.05) is 6.92 Å². The highest BCUT2D eigenvalue weighted by atomic mass is 16.4. The van der Waals surface area contributed by atoms with Gasteiger partial charge < -0.3 is 5.11 Å². The van der Waals surface area contributed by atoms with Gasteiger partial charge in [-0.05, 0) is 41.0 Å². The van der Waals surface area contributed by atoms with Crippen LogP contribution in [0.1, 0.15) is 57.0 Å². The van der Waals surface area contributed by atoms with Crippen molar-refractivity contribution in [2.24, 2.45) is 0 Å². The molecule has 5 heteroatoms. The van der Waals surface area contributed by atoms with E-state index in [0.29, 0.717) is 17.0 Å². The molecule has 0 aliphatic rings. The molecule has 0 aromatic carbocycles. The number of carboxylic acids is 1. The zero-order valence-electron chi connectivity index (χ0n) is 12.4. The van der Waals surface area contributed by atoms with Crippen molar-refractivity contribution in [3.63, 3.8) is 0 Å². The van der Waals surface area contributed by atoms with E-state index in [1.165, 1.54) is 0 Å². The first-order valence-electron chi connectivity index (χ1n) is 6.47. The Kier molecular flexibility index (Phi) is 4.18. The van der Waals surface area contributed by atoms with Crippen LogP contribution in [-0.2, 0) is 10.3 Å². The van der Waals surface area contributed by atoms with E-state index in [2.05, 4.69) is 4.98 Å². The molecule has 1 aromatic rings. The van der Waals surface area contributed by atoms with Crippen molar-refractivity contribution < 1.29 is 9.90 Å². The van der Waals surface area contributed by atoms with Crippen LogP contribution in [0.4, 0.5) is 0 Å². The molecule has 1 N–H and O–H groups in total. The van der Waals surface area contributed by atoms with E-state index in [4.69, 9.17) is 0 Å². The van der Waals surface area contributed by atoms with Gasteiger partial charge >= 0.3 is 11.7 Å². The summed E-state index contributed by atoms with van der Waals surface area (Å²) in [6.07, 6.45) is 0.763. The van der Waals surface area contributed by atoms with E-state index < -0.39 is 11.9 Å². The second-order valence-corrected chi connectivity index (χ2v) is 5.54. The predicted octanol–water partition coefficient (Wildman–Crippen LogP) is 2.19. The maximum absolute atomic E-state index is 12.1. The molecule has 0 bridgehead atoms. The minimum atomic E-state index is -0.910. The molecule has 0 saturated carbocycles. The number of nitrogens with zero attached hydrogens (tertiary/aromatic N) is 2. The zero-order chi connectivity index (χ0) is 15.0. The monoisotopic (exact) mass is 266 g/mol. The van der Waals surface area contributed by atoms with Crippen molar-refractivity contribution >= 4 is 5.97 Å². The molecular formula is C14H22N2O3. The number of aliphatic carboxylic acids is 1. The summed E-state index contributed by atoms with van der Waals surface area (Å²) in [6, 6.07) is 0. The maximum atomic E-state index is 12.1. The van der Waals surface area contributed by atoms with Crippen LogP contribution in [0, 0.1) is 13.8 Å². The van der Waals surface area contributed by atoms with Crippen LogP contribution in [0.5, 0.6) is 0 Å². The number of hydrogen-bond acceptors (Lipinski definition) is 3. The topological polar surface area (TPSA) is 72.2 Å². The maximum Gasteiger partial charge on any atom is 0.348 e. The average Bonchev–Trinajstić information content (AvgIpc) is 2.27. The molecule has 0 aliphatic carbocycles. The summed E-state index contributed by atoms with van der Waals surface area (Å²) in [6.45, 7) is 11.0. The summed E-state index contributed by atoms with van der Waals surface area (Å²) in [4.78, 5) is 27.3. The molecule has 1 aromatic heterocycles. The van der Waals surface area contributed by atoms with Gasteiger partial charge in [0.1, 0.15) is 0 Å². The Morgan fingerprint density at radius 1 is 1.42 bits per heavy atom. The third kappa shape index (κ3) is 2.69. The molecule has 0 saturated heterocycles. The Labute approximate surface area is 113 Å². The molecule has 0 radical (unpaired) electrons. The molecule has 1 atom stereocenters. The molecule has 0 spiro atoms. The number of hydrogen-bond donors (Lipinski definition) is 1. The van der Waals surface area contributed by atoms with Crippen LogP contribution >= 0.6 is 0 Å². The Bertz CT molecular complexity index is 559. The Morgan fingerprint density at radius 3 is 2.37 bits per heavy atom. The van der Waals surface area contributed by atoms with Gasteiger partial charge in [0.05, 0.1) is 5.92 Å². The van der Waals surface area contributed by atoms with Crippen molar-refractivity contribution in [2.45, 2.75) is 59.4 Å². The minimum absolute atomic E-state index is 0.316. The van der Waals surface area contributed by atoms with E-state index in [9.17, 15) is 14.7 Å². The summed E-state index contributed by atoms with van der Waals surface area (Å²) in [7, 11) is 0. The van der Waals surface area contributed by atoms with Gasteiger partial charge in [0.2, 0.25) is 0 Å². The molecule has 1 unspecified atom stereocenters. The van der Waals surface area contributed by atoms with Gasteiger partial charge in [-0.15, -0.1) is 0 Å². The van der Waals surface area contributed by atoms with Crippen molar-refractivity contribution in [3.8, 4) is 0 Å². The molecule has 0 aliphatic heterocycles. The zero-order valence-corrected chi connectivity index (χ0v) is 12.4. The lowest BCUT2D eigenvalue weighted by Crippen LogP contribution is -2.40. The highest BCUT2D eigenvalue weighted by Gasteiger charge is 2.27. The average molecular weight is 266 g/mol. The van der Waals surface area contributed by atoms with Crippen LogP contribution in [0.2, 0.25) is 0 Å². The van der Waals surface area contributed by atoms with E-state index in [1.807, 2.05) is 20.8 Å². The molecular weight excluding hydrogens is 244 g/mol. The molecule has 1 rings (SSSR count). The molecule has 0 fully saturated rings. The predicted molar refractivity (Wildman–Crippen MR) is 73.6 cm³/mol. The first kappa shape index (κ1) is 15.4. The summed E-state index contributed by atoms with van der Waals surface area (Å²) >= 11 is 0. The van der Waals surface area contributed by atoms with Gasteiger partial charge in [-0.25, -0.2) is 4.79 Å². The molecule has 5 nitrogen and oxygen atoms in total. The third-order valence-corrected chi connectivity index (χ3v) is 3.84. The standard InChI is InChI=1S/C14H22N2O3/c1-7-14(5,6)16-10(4)11(8(2)12(17)18)9(3)15-13(16)19/h8H,7H2,1-6H3,(H,17,18). The first-order valence-corrected chi connectivity index (χ1v) is 6.47. The Balaban J connectivity index is 3.66. The number of rotatable bonds is 4. The fraction of sp³-hybridized carbons (Fsp3) is 0.643. The van der Waals surface area contributed by atoms with Crippen molar-refractivity contribution in [2.75, 3.05) is 0 Å². The lowest BCUT2D eigenvalue weighted by Gasteiger charge is -2.30. The number of aromatic nitrogens is 2. The third-order valence-electron chi connectivity index (χ3n) is 3.84. The smallest absolute Gasteiger partial charge is 0.348 e. The Hall–Kier alpha value is -1.65. The van der Waals surface area contributed by atoms with E-state index >= 15 is 0 Å². The van der Waals surface area contributed by atoms with Gasteiger partial charge in [-0.2, -0.15) is 4.98 Å². The lowest BCUT2D eigenvalue weighted by atomic mass is 9.95. The quantitative estimate of drug-likeness (QED) is 0.906. The van der Waals surface area contributed by atoms with Crippen LogP contribution < -0.4 is 5.69 Å². The van der Waals surface area contributed by atoms with Crippen LogP contribution in [0.15, 0.2) is 4.79 Å². The molecule has 0 amide bonds. The minimum Gasteiger partial charge on any atom is -0.481 e. The second-order valence-electron chi connectivity index (χ2n) is 5.54. The summed E-state index contributed by atoms with van der Waals surface area (Å²) < 4.78 is 1.61. The normalized spacial score (nSPS) is 13.4. The molecule has 1 heterocycles. The second kappa shape index (κ2) is 5.15. The largest absolute Gasteiger partial charge is 0.481 e. The van der Waals surface area contributed by atoms with Gasteiger partial charge in [0.15, 0.2) is 0 Å². The van der Waals surface area contributed by atoms with E-state index in [1.54, 1.807) is 25.3 Å². The number of carbonyl (C=O) groups is 1. The highest BCUT2D eigenvalue weighted by molar-refractivity contribution is 5.76. The summed E-state index contributed by atoms with van der Waals surface area (Å²) in [5, 5.41) is 9.19. The van der Waals surface area contributed by atoms with E-state index in [-0.39, 0.29) is 11.2 Å². The van der Waals surface area contributed by atoms with Gasteiger partial charge in [0.25, 0.3) is 0 Å². The molecule has 106 valence electrons. The SMILES string of the molecule is CCC(C)(C)n1c(C)c(C(C)C(=O)O)c(C)nc1=O. The van der Waals surface area contributed by atoms with Crippen LogP contribution in [-0.4, -0.2) is 20.6 Å². The lowest BCUT2D eigenvalue weighted by molar-refractivity contribution is -0.138. The van der Waals surface area contributed by atoms with Crippen LogP contribution in [0.25, 0.3) is 0 Å². The van der Waals surface area contributed by atoms with E-state index in [0.717, 1.165) is 6.42 Å². The first-order chi connectivity index (χ1) is 8.63. The van der Waals surface area contributed by atoms with Crippen molar-refractivity contribution in [1.29, 1.82) is 0 Å². The summed E-state index contributed by atoms with van der Waals surface area (Å²) in [5.74, 6) is -1.58. The van der Waals surface area contributed by atoms with Crippen LogP contribution in [0.3, 0.4) is 0 Å². The fourth-order valence-corrected chi connectivity index (χ4v) is 2.40. The fourth-order valence-electron chi connectivity index (χ4n) is 2.40. The highest BCUT2D eigenvalue weighted by Crippen LogP contribution is 2.26. The van der Waals surface area contributed by atoms with Crippen molar-refractivity contribution in [1.82, 2.24) is 9.55 Å². The van der Waals surface area contributed by atoms with Crippen molar-refractivity contribution in [3.05, 3.63) is 27.4 Å². The Morgan fingerprint density at radius 2 is 1.95 bits per heavy atom.